The maximum Gasteiger partial charge on any atom is 0.411 e. The monoisotopic (exact) mass is 539 g/mol. The summed E-state index contributed by atoms with van der Waals surface area (Å²) in [5.74, 6) is 3.56. The van der Waals surface area contributed by atoms with Gasteiger partial charge in [-0.3, -0.25) is 10.1 Å². The van der Waals surface area contributed by atoms with Crippen molar-refractivity contribution in [3.8, 4) is 5.75 Å². The molecule has 5 nitrogen and oxygen atoms in total. The molecule has 3 aliphatic carbocycles. The molecule has 2 fully saturated rings. The lowest BCUT2D eigenvalue weighted by Crippen LogP contribution is -2.44. The Bertz CT molecular complexity index is 1390. The lowest BCUT2D eigenvalue weighted by molar-refractivity contribution is -0.129. The first-order chi connectivity index (χ1) is 19.5. The number of nitrogens with one attached hydrogen (secondary N) is 1. The third kappa shape index (κ3) is 5.00. The molecule has 1 unspecified atom stereocenters. The van der Waals surface area contributed by atoms with Crippen molar-refractivity contribution in [2.75, 3.05) is 19.0 Å². The predicted octanol–water partition coefficient (Wildman–Crippen LogP) is 8.31. The Morgan fingerprint density at radius 1 is 1.02 bits per heavy atom. The average molecular weight is 540 g/mol. The Morgan fingerprint density at radius 2 is 1.88 bits per heavy atom. The summed E-state index contributed by atoms with van der Waals surface area (Å²) >= 11 is 0. The van der Waals surface area contributed by atoms with Crippen LogP contribution in [0.1, 0.15) is 75.3 Å². The molecule has 3 aromatic carbocycles. The van der Waals surface area contributed by atoms with Gasteiger partial charge in [-0.05, 0) is 96.9 Å². The Kier molecular flexibility index (Phi) is 7.57. The lowest BCUT2D eigenvalue weighted by Gasteiger charge is -2.50. The summed E-state index contributed by atoms with van der Waals surface area (Å²) in [6, 6.07) is 20.5. The number of fused-ring (bicyclic) bond motifs is 6. The van der Waals surface area contributed by atoms with Crippen LogP contribution < -0.4 is 10.1 Å². The van der Waals surface area contributed by atoms with Gasteiger partial charge in [0.1, 0.15) is 11.5 Å². The Balaban J connectivity index is 1.01. The lowest BCUT2D eigenvalue weighted by atomic mass is 9.54. The number of rotatable bonds is 8. The van der Waals surface area contributed by atoms with Gasteiger partial charge in [-0.15, -0.1) is 0 Å². The number of unbranched alkanes of at least 4 members (excludes halogenated alkanes) is 2. The first-order valence-electron chi connectivity index (χ1n) is 15.1. The Morgan fingerprint density at radius 3 is 2.75 bits per heavy atom. The molecule has 0 heterocycles. The van der Waals surface area contributed by atoms with Gasteiger partial charge in [-0.25, -0.2) is 4.79 Å². The molecule has 3 aliphatic rings. The van der Waals surface area contributed by atoms with E-state index >= 15 is 0 Å². The molecule has 0 aromatic heterocycles. The van der Waals surface area contributed by atoms with Crippen molar-refractivity contribution in [2.45, 2.75) is 70.6 Å². The summed E-state index contributed by atoms with van der Waals surface area (Å²) < 4.78 is 11.0. The van der Waals surface area contributed by atoms with E-state index in [1.54, 1.807) is 7.11 Å². The van der Waals surface area contributed by atoms with Crippen LogP contribution in [-0.4, -0.2) is 25.6 Å². The van der Waals surface area contributed by atoms with Gasteiger partial charge < -0.3 is 9.47 Å². The van der Waals surface area contributed by atoms with Crippen LogP contribution in [0.3, 0.4) is 0 Å². The number of hydrogen-bond donors (Lipinski definition) is 1. The highest BCUT2D eigenvalue weighted by molar-refractivity contribution is 6.00. The highest BCUT2D eigenvalue weighted by Crippen LogP contribution is 2.62. The van der Waals surface area contributed by atoms with Crippen LogP contribution in [0, 0.1) is 23.2 Å². The van der Waals surface area contributed by atoms with E-state index in [0.717, 1.165) is 73.6 Å². The van der Waals surface area contributed by atoms with Gasteiger partial charge in [0.15, 0.2) is 0 Å². The maximum atomic E-state index is 13.3. The molecule has 5 heteroatoms. The van der Waals surface area contributed by atoms with E-state index in [4.69, 9.17) is 9.47 Å². The van der Waals surface area contributed by atoms with Crippen molar-refractivity contribution in [3.63, 3.8) is 0 Å². The summed E-state index contributed by atoms with van der Waals surface area (Å²) in [6.07, 6.45) is 8.73. The summed E-state index contributed by atoms with van der Waals surface area (Å²) in [6.45, 7) is 2.68. The fraction of sp³-hybridized carbons (Fsp3) is 0.486. The number of anilines is 1. The summed E-state index contributed by atoms with van der Waals surface area (Å²) in [4.78, 5) is 25.7. The van der Waals surface area contributed by atoms with Crippen molar-refractivity contribution in [1.82, 2.24) is 0 Å². The van der Waals surface area contributed by atoms with E-state index in [2.05, 4.69) is 30.4 Å². The molecule has 5 atom stereocenters. The molecule has 0 saturated heterocycles. The minimum Gasteiger partial charge on any atom is -0.497 e. The number of methoxy groups -OCH3 is 1. The van der Waals surface area contributed by atoms with Gasteiger partial charge in [0.2, 0.25) is 0 Å². The minimum atomic E-state index is -0.406. The second-order valence-electron chi connectivity index (χ2n) is 12.4. The number of carbonyl (C=O) groups excluding carboxylic acids is 2. The molecule has 40 heavy (non-hydrogen) atoms. The quantitative estimate of drug-likeness (QED) is 0.292. The van der Waals surface area contributed by atoms with Gasteiger partial charge >= 0.3 is 6.09 Å². The number of carbonyl (C=O) groups is 2. The van der Waals surface area contributed by atoms with E-state index < -0.39 is 6.09 Å². The number of ketones is 1. The third-order valence-electron chi connectivity index (χ3n) is 10.3. The molecule has 210 valence electrons. The maximum absolute atomic E-state index is 13.3. The number of amides is 1. The predicted molar refractivity (Wildman–Crippen MR) is 159 cm³/mol. The number of aryl methyl sites for hydroxylation is 1. The topological polar surface area (TPSA) is 64.6 Å². The normalized spacial score (nSPS) is 27.0. The molecule has 3 aromatic rings. The van der Waals surface area contributed by atoms with Crippen LogP contribution in [-0.2, 0) is 16.0 Å². The van der Waals surface area contributed by atoms with Crippen LogP contribution in [0.5, 0.6) is 5.75 Å². The van der Waals surface area contributed by atoms with Crippen LogP contribution >= 0.6 is 0 Å². The zero-order valence-corrected chi connectivity index (χ0v) is 23.8. The number of hydrogen-bond acceptors (Lipinski definition) is 4. The second kappa shape index (κ2) is 11.3. The zero-order valence-electron chi connectivity index (χ0n) is 23.8. The molecular weight excluding hydrogens is 498 g/mol. The summed E-state index contributed by atoms with van der Waals surface area (Å²) in [5.41, 5.74) is 3.55. The van der Waals surface area contributed by atoms with Crippen molar-refractivity contribution >= 4 is 28.3 Å². The first kappa shape index (κ1) is 26.9. The molecule has 2 saturated carbocycles. The van der Waals surface area contributed by atoms with E-state index in [1.807, 2.05) is 42.5 Å². The van der Waals surface area contributed by atoms with Crippen LogP contribution in [0.15, 0.2) is 60.7 Å². The van der Waals surface area contributed by atoms with Crippen LogP contribution in [0.2, 0.25) is 0 Å². The number of Topliss-reactive ketones (excluding diaryl/α,β-unsaturated/α-hetero) is 1. The van der Waals surface area contributed by atoms with Gasteiger partial charge in [0.25, 0.3) is 0 Å². The largest absolute Gasteiger partial charge is 0.497 e. The second-order valence-corrected chi connectivity index (χ2v) is 12.4. The van der Waals surface area contributed by atoms with Crippen molar-refractivity contribution in [3.05, 3.63) is 71.8 Å². The van der Waals surface area contributed by atoms with E-state index in [-0.39, 0.29) is 5.41 Å². The molecule has 0 bridgehead atoms. The average Bonchev–Trinajstić information content (AvgIpc) is 3.23. The van der Waals surface area contributed by atoms with Crippen molar-refractivity contribution in [2.24, 2.45) is 23.2 Å². The standard InChI is InChI=1S/C35H41NO4/c1-35-19-18-29-27-17-15-26(39-2)21-24(27)14-16-30(29)33(35)25(22-32(35)37)10-4-3-7-20-40-34(38)36-31-13-8-11-23-9-5-6-12-28(23)31/h5-6,8-9,11-13,15,17,21,25,29-30,33H,3-4,7,10,14,16,18-20,22H2,1-2H3,(H,36,38)/t25?,29-,30-,33+,35-/m1/s1. The molecular formula is C35H41NO4. The van der Waals surface area contributed by atoms with Crippen LogP contribution in [0.4, 0.5) is 10.5 Å². The SMILES string of the molecule is COc1ccc2c(c1)CC[C@@H]1[C@@H]2CC[C@]2(C)C(=O)CC(CCCCCOC(=O)Nc3cccc4ccccc34)[C@@H]12. The highest BCUT2D eigenvalue weighted by atomic mass is 16.5. The van der Waals surface area contributed by atoms with Gasteiger partial charge in [-0.2, -0.15) is 0 Å². The third-order valence-corrected chi connectivity index (χ3v) is 10.3. The Labute approximate surface area is 237 Å². The fourth-order valence-corrected chi connectivity index (χ4v) is 8.34. The Hall–Kier alpha value is -3.34. The number of benzene rings is 3. The molecule has 1 N–H and O–H groups in total. The summed E-state index contributed by atoms with van der Waals surface area (Å²) in [5, 5.41) is 4.99. The van der Waals surface area contributed by atoms with Crippen molar-refractivity contribution in [1.29, 1.82) is 0 Å². The molecule has 6 rings (SSSR count). The smallest absolute Gasteiger partial charge is 0.411 e. The van der Waals surface area contributed by atoms with Gasteiger partial charge in [-0.1, -0.05) is 62.2 Å². The van der Waals surface area contributed by atoms with E-state index in [0.29, 0.717) is 36.1 Å². The molecule has 1 amide bonds. The molecule has 0 radical (unpaired) electrons. The highest BCUT2D eigenvalue weighted by Gasteiger charge is 2.58. The van der Waals surface area contributed by atoms with E-state index in [9.17, 15) is 9.59 Å². The first-order valence-corrected chi connectivity index (χ1v) is 15.1. The van der Waals surface area contributed by atoms with Gasteiger partial charge in [0, 0.05) is 17.2 Å². The van der Waals surface area contributed by atoms with E-state index in [1.165, 1.54) is 17.5 Å². The van der Waals surface area contributed by atoms with Crippen molar-refractivity contribution < 1.29 is 19.1 Å². The fourth-order valence-electron chi connectivity index (χ4n) is 8.34. The van der Waals surface area contributed by atoms with Crippen LogP contribution in [0.25, 0.3) is 10.8 Å². The van der Waals surface area contributed by atoms with Gasteiger partial charge in [0.05, 0.1) is 19.4 Å². The zero-order chi connectivity index (χ0) is 27.7. The minimum absolute atomic E-state index is 0.154. The summed E-state index contributed by atoms with van der Waals surface area (Å²) in [7, 11) is 1.74. The molecule has 0 spiro atoms. The number of ether oxygens (including phenoxy) is 2. The molecule has 0 aliphatic heterocycles.